The van der Waals surface area contributed by atoms with Crippen LogP contribution in [0.15, 0.2) is 41.8 Å². The zero-order valence-corrected chi connectivity index (χ0v) is 12.9. The first-order chi connectivity index (χ1) is 10.3. The first-order valence-electron chi connectivity index (χ1n) is 7.43. The smallest absolute Gasteiger partial charge is 0.261 e. The molecule has 1 saturated heterocycles. The van der Waals surface area contributed by atoms with Crippen LogP contribution in [0.25, 0.3) is 0 Å². The molecule has 0 unspecified atom stereocenters. The van der Waals surface area contributed by atoms with Crippen LogP contribution >= 0.6 is 11.3 Å². The van der Waals surface area contributed by atoms with E-state index in [0.29, 0.717) is 6.54 Å². The molecule has 0 radical (unpaired) electrons. The molecular weight excluding hydrogens is 280 g/mol. The summed E-state index contributed by atoms with van der Waals surface area (Å²) in [6.07, 6.45) is 2.65. The lowest BCUT2D eigenvalue weighted by atomic mass is 10.1. The molecule has 1 aromatic heterocycles. The van der Waals surface area contributed by atoms with E-state index in [1.807, 2.05) is 17.5 Å². The highest BCUT2D eigenvalue weighted by Gasteiger charge is 2.11. The van der Waals surface area contributed by atoms with Gasteiger partial charge in [-0.1, -0.05) is 30.3 Å². The van der Waals surface area contributed by atoms with Gasteiger partial charge in [0.15, 0.2) is 0 Å². The molecule has 1 aliphatic heterocycles. The molecule has 2 aromatic rings. The van der Waals surface area contributed by atoms with Crippen molar-refractivity contribution < 1.29 is 4.79 Å². The predicted octanol–water partition coefficient (Wildman–Crippen LogP) is 3.27. The third-order valence-corrected chi connectivity index (χ3v) is 4.69. The molecule has 1 N–H and O–H groups in total. The molecular formula is C17H20N2OS. The Morgan fingerprint density at radius 3 is 2.48 bits per heavy atom. The first-order valence-corrected chi connectivity index (χ1v) is 8.31. The molecule has 21 heavy (non-hydrogen) atoms. The van der Waals surface area contributed by atoms with Crippen molar-refractivity contribution in [2.45, 2.75) is 25.9 Å². The number of hydrogen-bond acceptors (Lipinski definition) is 3. The summed E-state index contributed by atoms with van der Waals surface area (Å²) >= 11 is 1.47. The summed E-state index contributed by atoms with van der Waals surface area (Å²) in [5.74, 6) is 0.00569. The van der Waals surface area contributed by atoms with Gasteiger partial charge >= 0.3 is 0 Å². The molecule has 0 aliphatic carbocycles. The van der Waals surface area contributed by atoms with Crippen LogP contribution in [0.4, 0.5) is 0 Å². The van der Waals surface area contributed by atoms with Crippen LogP contribution in [0, 0.1) is 0 Å². The van der Waals surface area contributed by atoms with Crippen molar-refractivity contribution in [3.63, 3.8) is 0 Å². The first kappa shape index (κ1) is 14.3. The Bertz CT molecular complexity index is 571. The van der Waals surface area contributed by atoms with E-state index in [9.17, 15) is 4.79 Å². The molecule has 110 valence electrons. The van der Waals surface area contributed by atoms with Crippen LogP contribution in [-0.2, 0) is 13.1 Å². The molecule has 1 fully saturated rings. The predicted molar refractivity (Wildman–Crippen MR) is 86.4 cm³/mol. The van der Waals surface area contributed by atoms with Crippen molar-refractivity contribution in [1.29, 1.82) is 0 Å². The Morgan fingerprint density at radius 1 is 1.10 bits per heavy atom. The molecule has 0 atom stereocenters. The fraction of sp³-hybridized carbons (Fsp3) is 0.353. The fourth-order valence-electron chi connectivity index (χ4n) is 2.64. The van der Waals surface area contributed by atoms with E-state index in [1.165, 1.54) is 42.8 Å². The maximum absolute atomic E-state index is 11.9. The maximum Gasteiger partial charge on any atom is 0.261 e. The van der Waals surface area contributed by atoms with E-state index in [0.717, 1.165) is 17.0 Å². The maximum atomic E-state index is 11.9. The lowest BCUT2D eigenvalue weighted by Crippen LogP contribution is -2.22. The van der Waals surface area contributed by atoms with E-state index in [-0.39, 0.29) is 5.91 Å². The zero-order valence-electron chi connectivity index (χ0n) is 12.0. The van der Waals surface area contributed by atoms with Gasteiger partial charge in [-0.25, -0.2) is 0 Å². The number of benzene rings is 1. The highest BCUT2D eigenvalue weighted by Crippen LogP contribution is 2.13. The monoisotopic (exact) mass is 300 g/mol. The Labute approximate surface area is 129 Å². The Morgan fingerprint density at radius 2 is 1.81 bits per heavy atom. The van der Waals surface area contributed by atoms with Gasteiger partial charge in [-0.15, -0.1) is 11.3 Å². The highest BCUT2D eigenvalue weighted by molar-refractivity contribution is 7.12. The van der Waals surface area contributed by atoms with Crippen molar-refractivity contribution in [3.8, 4) is 0 Å². The normalized spacial score (nSPS) is 15.2. The molecule has 0 bridgehead atoms. The van der Waals surface area contributed by atoms with Crippen molar-refractivity contribution >= 4 is 17.2 Å². The number of rotatable bonds is 5. The number of likely N-dealkylation sites (tertiary alicyclic amines) is 1. The number of nitrogens with zero attached hydrogens (tertiary/aromatic N) is 1. The van der Waals surface area contributed by atoms with Crippen LogP contribution < -0.4 is 5.32 Å². The van der Waals surface area contributed by atoms with Crippen molar-refractivity contribution in [3.05, 3.63) is 57.8 Å². The second-order valence-corrected chi connectivity index (χ2v) is 6.41. The van der Waals surface area contributed by atoms with Gasteiger partial charge in [0.1, 0.15) is 0 Å². The van der Waals surface area contributed by atoms with E-state index >= 15 is 0 Å². The minimum absolute atomic E-state index is 0.00569. The lowest BCUT2D eigenvalue weighted by molar-refractivity contribution is 0.0955. The summed E-state index contributed by atoms with van der Waals surface area (Å²) in [4.78, 5) is 15.1. The summed E-state index contributed by atoms with van der Waals surface area (Å²) in [5.41, 5.74) is 2.50. The van der Waals surface area contributed by atoms with E-state index in [4.69, 9.17) is 0 Å². The number of hydrogen-bond donors (Lipinski definition) is 1. The summed E-state index contributed by atoms with van der Waals surface area (Å²) in [6, 6.07) is 12.3. The summed E-state index contributed by atoms with van der Waals surface area (Å²) < 4.78 is 0. The average molecular weight is 300 g/mol. The van der Waals surface area contributed by atoms with Crippen molar-refractivity contribution in [1.82, 2.24) is 10.2 Å². The molecule has 1 amide bonds. The van der Waals surface area contributed by atoms with Crippen LogP contribution in [0.3, 0.4) is 0 Å². The molecule has 0 spiro atoms. The van der Waals surface area contributed by atoms with Gasteiger partial charge in [0.25, 0.3) is 5.91 Å². The van der Waals surface area contributed by atoms with E-state index < -0.39 is 0 Å². The summed E-state index contributed by atoms with van der Waals surface area (Å²) in [6.45, 7) is 4.07. The number of nitrogens with one attached hydrogen (secondary N) is 1. The van der Waals surface area contributed by atoms with Gasteiger partial charge in [0, 0.05) is 13.1 Å². The summed E-state index contributed by atoms with van der Waals surface area (Å²) in [5, 5.41) is 4.87. The quantitative estimate of drug-likeness (QED) is 0.919. The third-order valence-electron chi connectivity index (χ3n) is 3.83. The van der Waals surface area contributed by atoms with Gasteiger partial charge in [0.05, 0.1) is 4.88 Å². The van der Waals surface area contributed by atoms with Crippen LogP contribution in [0.1, 0.15) is 33.6 Å². The number of thiophene rings is 1. The van der Waals surface area contributed by atoms with E-state index in [1.54, 1.807) is 0 Å². The third kappa shape index (κ3) is 3.93. The number of carbonyl (C=O) groups is 1. The average Bonchev–Trinajstić information content (AvgIpc) is 3.19. The second kappa shape index (κ2) is 6.87. The van der Waals surface area contributed by atoms with Crippen LogP contribution in [0.5, 0.6) is 0 Å². The van der Waals surface area contributed by atoms with E-state index in [2.05, 4.69) is 34.5 Å². The summed E-state index contributed by atoms with van der Waals surface area (Å²) in [7, 11) is 0. The van der Waals surface area contributed by atoms with Gasteiger partial charge in [-0.2, -0.15) is 0 Å². The Kier molecular flexibility index (Phi) is 4.68. The minimum Gasteiger partial charge on any atom is -0.347 e. The molecule has 4 heteroatoms. The highest BCUT2D eigenvalue weighted by atomic mass is 32.1. The second-order valence-electron chi connectivity index (χ2n) is 5.46. The van der Waals surface area contributed by atoms with Gasteiger partial charge in [-0.05, 0) is 48.5 Å². The molecule has 0 saturated carbocycles. The Hall–Kier alpha value is -1.65. The lowest BCUT2D eigenvalue weighted by Gasteiger charge is -2.14. The topological polar surface area (TPSA) is 32.3 Å². The van der Waals surface area contributed by atoms with Gasteiger partial charge in [-0.3, -0.25) is 9.69 Å². The molecule has 1 aliphatic rings. The minimum atomic E-state index is 0.00569. The van der Waals surface area contributed by atoms with Gasteiger partial charge in [0.2, 0.25) is 0 Å². The largest absolute Gasteiger partial charge is 0.347 e. The fourth-order valence-corrected chi connectivity index (χ4v) is 3.28. The van der Waals surface area contributed by atoms with Crippen LogP contribution in [0.2, 0.25) is 0 Å². The standard InChI is InChI=1S/C17H20N2OS/c20-17(16-4-3-11-21-16)18-12-14-5-7-15(8-6-14)13-19-9-1-2-10-19/h3-8,11H,1-2,9-10,12-13H2,(H,18,20). The zero-order chi connectivity index (χ0) is 14.5. The van der Waals surface area contributed by atoms with Gasteiger partial charge < -0.3 is 5.32 Å². The Balaban J connectivity index is 1.51. The number of amides is 1. The van der Waals surface area contributed by atoms with Crippen LogP contribution in [-0.4, -0.2) is 23.9 Å². The number of carbonyl (C=O) groups excluding carboxylic acids is 1. The molecule has 2 heterocycles. The molecule has 1 aromatic carbocycles. The van der Waals surface area contributed by atoms with Crippen molar-refractivity contribution in [2.24, 2.45) is 0 Å². The van der Waals surface area contributed by atoms with Crippen molar-refractivity contribution in [2.75, 3.05) is 13.1 Å². The molecule has 3 rings (SSSR count). The SMILES string of the molecule is O=C(NCc1ccc(CN2CCCC2)cc1)c1cccs1. The molecule has 3 nitrogen and oxygen atoms in total.